The van der Waals surface area contributed by atoms with Crippen molar-refractivity contribution in [2.75, 3.05) is 31.7 Å². The first-order chi connectivity index (χ1) is 13.2. The van der Waals surface area contributed by atoms with E-state index in [1.54, 1.807) is 0 Å². The van der Waals surface area contributed by atoms with Gasteiger partial charge in [0.15, 0.2) is 11.5 Å². The summed E-state index contributed by atoms with van der Waals surface area (Å²) in [6.45, 7) is 3.20. The van der Waals surface area contributed by atoms with Crippen LogP contribution < -0.4 is 25.0 Å². The second-order valence-electron chi connectivity index (χ2n) is 7.00. The third kappa shape index (κ3) is 4.10. The molecule has 0 saturated heterocycles. The molecule has 6 heteroatoms. The number of aryl methyl sites for hydroxylation is 1. The molecule has 4 rings (SSSR count). The highest BCUT2D eigenvalue weighted by atomic mass is 16.6. The van der Waals surface area contributed by atoms with Gasteiger partial charge in [0.25, 0.3) is 0 Å². The number of carbonyl (C=O) groups excluding carboxylic acids is 1. The van der Waals surface area contributed by atoms with Gasteiger partial charge in [-0.15, -0.1) is 0 Å². The fourth-order valence-electron chi connectivity index (χ4n) is 3.57. The van der Waals surface area contributed by atoms with E-state index in [0.29, 0.717) is 26.3 Å². The SMILES string of the molecule is CN1CCCc2cc(CNC(=O)NCc3ccc4c(c3)OCCO4)ccc21. The lowest BCUT2D eigenvalue weighted by molar-refractivity contribution is 0.171. The first-order valence-corrected chi connectivity index (χ1v) is 9.42. The molecule has 0 radical (unpaired) electrons. The number of hydrogen-bond acceptors (Lipinski definition) is 4. The van der Waals surface area contributed by atoms with Gasteiger partial charge in [0.1, 0.15) is 13.2 Å². The molecule has 2 N–H and O–H groups in total. The van der Waals surface area contributed by atoms with E-state index in [4.69, 9.17) is 9.47 Å². The molecule has 2 heterocycles. The Balaban J connectivity index is 1.29. The van der Waals surface area contributed by atoms with Crippen molar-refractivity contribution in [2.24, 2.45) is 0 Å². The van der Waals surface area contributed by atoms with E-state index >= 15 is 0 Å². The van der Waals surface area contributed by atoms with Gasteiger partial charge in [-0.05, 0) is 47.7 Å². The minimum atomic E-state index is -0.181. The Morgan fingerprint density at radius 2 is 1.70 bits per heavy atom. The molecule has 0 bridgehead atoms. The largest absolute Gasteiger partial charge is 0.486 e. The number of nitrogens with one attached hydrogen (secondary N) is 2. The van der Waals surface area contributed by atoms with Gasteiger partial charge in [-0.25, -0.2) is 4.79 Å². The van der Waals surface area contributed by atoms with Crippen LogP contribution in [0.5, 0.6) is 11.5 Å². The first-order valence-electron chi connectivity index (χ1n) is 9.42. The predicted octanol–water partition coefficient (Wildman–Crippen LogP) is 2.84. The minimum absolute atomic E-state index is 0.181. The molecule has 2 aromatic rings. The molecule has 0 atom stereocenters. The van der Waals surface area contributed by atoms with Crippen LogP contribution in [0, 0.1) is 0 Å². The van der Waals surface area contributed by atoms with E-state index in [2.05, 4.69) is 40.8 Å². The molecule has 0 saturated carbocycles. The molecule has 2 amide bonds. The fraction of sp³-hybridized carbons (Fsp3) is 0.381. The van der Waals surface area contributed by atoms with Crippen LogP contribution in [-0.4, -0.2) is 32.8 Å². The Morgan fingerprint density at radius 3 is 2.52 bits per heavy atom. The van der Waals surface area contributed by atoms with E-state index in [-0.39, 0.29) is 6.03 Å². The highest BCUT2D eigenvalue weighted by Gasteiger charge is 2.14. The van der Waals surface area contributed by atoms with Gasteiger partial charge in [-0.1, -0.05) is 18.2 Å². The Bertz CT molecular complexity index is 837. The fourth-order valence-corrected chi connectivity index (χ4v) is 3.57. The van der Waals surface area contributed by atoms with Crippen molar-refractivity contribution in [3.8, 4) is 11.5 Å². The van der Waals surface area contributed by atoms with Crippen LogP contribution in [0.1, 0.15) is 23.1 Å². The van der Waals surface area contributed by atoms with Crippen LogP contribution in [0.25, 0.3) is 0 Å². The summed E-state index contributed by atoms with van der Waals surface area (Å²) in [4.78, 5) is 14.4. The standard InChI is InChI=1S/C21H25N3O3/c1-24-8-2-3-17-11-15(4-6-18(17)24)13-22-21(25)23-14-16-5-7-19-20(12-16)27-10-9-26-19/h4-7,11-12H,2-3,8-10,13-14H2,1H3,(H2,22,23,25). The Kier molecular flexibility index (Phi) is 5.05. The number of benzene rings is 2. The Hall–Kier alpha value is -2.89. The van der Waals surface area contributed by atoms with Crippen molar-refractivity contribution >= 4 is 11.7 Å². The molecule has 0 aromatic heterocycles. The Morgan fingerprint density at radius 1 is 1.00 bits per heavy atom. The number of anilines is 1. The van der Waals surface area contributed by atoms with E-state index < -0.39 is 0 Å². The molecule has 0 fully saturated rings. The molecule has 0 spiro atoms. The molecule has 2 aromatic carbocycles. The number of carbonyl (C=O) groups is 1. The second kappa shape index (κ2) is 7.78. The summed E-state index contributed by atoms with van der Waals surface area (Å²) >= 11 is 0. The monoisotopic (exact) mass is 367 g/mol. The summed E-state index contributed by atoms with van der Waals surface area (Å²) in [6, 6.07) is 12.0. The van der Waals surface area contributed by atoms with Crippen LogP contribution >= 0.6 is 0 Å². The van der Waals surface area contributed by atoms with Crippen molar-refractivity contribution in [3.05, 3.63) is 53.1 Å². The summed E-state index contributed by atoms with van der Waals surface area (Å²) < 4.78 is 11.1. The van der Waals surface area contributed by atoms with Gasteiger partial charge in [-0.3, -0.25) is 0 Å². The molecular formula is C21H25N3O3. The Labute approximate surface area is 159 Å². The van der Waals surface area contributed by atoms with Gasteiger partial charge in [0.2, 0.25) is 0 Å². The number of ether oxygens (including phenoxy) is 2. The second-order valence-corrected chi connectivity index (χ2v) is 7.00. The van der Waals surface area contributed by atoms with Crippen LogP contribution in [0.2, 0.25) is 0 Å². The molecule has 6 nitrogen and oxygen atoms in total. The van der Waals surface area contributed by atoms with Crippen LogP contribution in [-0.2, 0) is 19.5 Å². The number of hydrogen-bond donors (Lipinski definition) is 2. The zero-order valence-corrected chi connectivity index (χ0v) is 15.6. The quantitative estimate of drug-likeness (QED) is 0.872. The van der Waals surface area contributed by atoms with Crippen molar-refractivity contribution in [1.29, 1.82) is 0 Å². The normalized spacial score (nSPS) is 15.1. The number of urea groups is 1. The summed E-state index contributed by atoms with van der Waals surface area (Å²) in [6.07, 6.45) is 2.28. The smallest absolute Gasteiger partial charge is 0.315 e. The summed E-state index contributed by atoms with van der Waals surface area (Å²) in [5.74, 6) is 1.49. The van der Waals surface area contributed by atoms with Crippen LogP contribution in [0.4, 0.5) is 10.5 Å². The zero-order valence-electron chi connectivity index (χ0n) is 15.6. The molecular weight excluding hydrogens is 342 g/mol. The molecule has 2 aliphatic heterocycles. The highest BCUT2D eigenvalue weighted by molar-refractivity contribution is 5.74. The molecule has 0 unspecified atom stereocenters. The summed E-state index contributed by atoms with van der Waals surface area (Å²) in [5, 5.41) is 5.82. The van der Waals surface area contributed by atoms with Gasteiger partial charge >= 0.3 is 6.03 Å². The lowest BCUT2D eigenvalue weighted by atomic mass is 9.99. The topological polar surface area (TPSA) is 62.8 Å². The molecule has 2 aliphatic rings. The van der Waals surface area contributed by atoms with Crippen molar-refractivity contribution < 1.29 is 14.3 Å². The van der Waals surface area contributed by atoms with E-state index in [1.165, 1.54) is 17.7 Å². The lowest BCUT2D eigenvalue weighted by Gasteiger charge is -2.27. The van der Waals surface area contributed by atoms with E-state index in [0.717, 1.165) is 35.6 Å². The van der Waals surface area contributed by atoms with E-state index in [9.17, 15) is 4.79 Å². The molecule has 27 heavy (non-hydrogen) atoms. The van der Waals surface area contributed by atoms with Gasteiger partial charge in [0.05, 0.1) is 0 Å². The van der Waals surface area contributed by atoms with Crippen molar-refractivity contribution in [3.63, 3.8) is 0 Å². The first kappa shape index (κ1) is 17.5. The number of rotatable bonds is 4. The van der Waals surface area contributed by atoms with Gasteiger partial charge in [0, 0.05) is 32.4 Å². The maximum atomic E-state index is 12.1. The van der Waals surface area contributed by atoms with Crippen molar-refractivity contribution in [1.82, 2.24) is 10.6 Å². The van der Waals surface area contributed by atoms with Crippen molar-refractivity contribution in [2.45, 2.75) is 25.9 Å². The van der Waals surface area contributed by atoms with Crippen LogP contribution in [0.15, 0.2) is 36.4 Å². The average molecular weight is 367 g/mol. The zero-order chi connectivity index (χ0) is 18.6. The average Bonchev–Trinajstić information content (AvgIpc) is 2.70. The summed E-state index contributed by atoms with van der Waals surface area (Å²) in [5.41, 5.74) is 4.76. The van der Waals surface area contributed by atoms with Gasteiger partial charge in [-0.2, -0.15) is 0 Å². The number of nitrogens with zero attached hydrogens (tertiary/aromatic N) is 1. The maximum Gasteiger partial charge on any atom is 0.315 e. The number of fused-ring (bicyclic) bond motifs is 2. The predicted molar refractivity (Wildman–Crippen MR) is 105 cm³/mol. The maximum absolute atomic E-state index is 12.1. The van der Waals surface area contributed by atoms with E-state index in [1.807, 2.05) is 18.2 Å². The third-order valence-corrected chi connectivity index (χ3v) is 5.01. The highest BCUT2D eigenvalue weighted by Crippen LogP contribution is 2.30. The van der Waals surface area contributed by atoms with Crippen LogP contribution in [0.3, 0.4) is 0 Å². The summed E-state index contributed by atoms with van der Waals surface area (Å²) in [7, 11) is 2.13. The lowest BCUT2D eigenvalue weighted by Crippen LogP contribution is -2.34. The van der Waals surface area contributed by atoms with Gasteiger partial charge < -0.3 is 25.0 Å². The number of amides is 2. The third-order valence-electron chi connectivity index (χ3n) is 5.01. The minimum Gasteiger partial charge on any atom is -0.486 e. The molecule has 0 aliphatic carbocycles. The molecule has 142 valence electrons.